The van der Waals surface area contributed by atoms with Crippen molar-refractivity contribution in [3.05, 3.63) is 24.3 Å². The zero-order valence-electron chi connectivity index (χ0n) is 10.6. The number of rotatable bonds is 3. The summed E-state index contributed by atoms with van der Waals surface area (Å²) in [5, 5.41) is 3.23. The van der Waals surface area contributed by atoms with Crippen molar-refractivity contribution in [2.45, 2.75) is 17.9 Å². The summed E-state index contributed by atoms with van der Waals surface area (Å²) in [7, 11) is -1.83. The molecule has 1 heterocycles. The predicted molar refractivity (Wildman–Crippen MR) is 69.2 cm³/mol. The number of hydrogen-bond acceptors (Lipinski definition) is 4. The minimum Gasteiger partial charge on any atom is -0.497 e. The number of sulfonamides is 1. The topological polar surface area (TPSA) is 58.6 Å². The van der Waals surface area contributed by atoms with E-state index in [9.17, 15) is 8.42 Å². The molecule has 6 heteroatoms. The molecular weight excluding hydrogens is 252 g/mol. The van der Waals surface area contributed by atoms with Gasteiger partial charge in [0.1, 0.15) is 5.75 Å². The van der Waals surface area contributed by atoms with E-state index in [4.69, 9.17) is 4.74 Å². The first-order valence-corrected chi connectivity index (χ1v) is 7.35. The maximum absolute atomic E-state index is 12.4. The fourth-order valence-electron chi connectivity index (χ4n) is 2.01. The van der Waals surface area contributed by atoms with Crippen molar-refractivity contribution in [2.24, 2.45) is 0 Å². The highest BCUT2D eigenvalue weighted by Crippen LogP contribution is 2.20. The Kier molecular flexibility index (Phi) is 3.89. The predicted octanol–water partition coefficient (Wildman–Crippen LogP) is 0.678. The molecule has 0 spiro atoms. The van der Waals surface area contributed by atoms with E-state index < -0.39 is 10.0 Å². The van der Waals surface area contributed by atoms with Crippen LogP contribution in [0, 0.1) is 0 Å². The first-order chi connectivity index (χ1) is 8.54. The van der Waals surface area contributed by atoms with Crippen LogP contribution in [0.2, 0.25) is 0 Å². The Morgan fingerprint density at radius 1 is 1.33 bits per heavy atom. The lowest BCUT2D eigenvalue weighted by molar-refractivity contribution is 0.310. The zero-order chi connectivity index (χ0) is 13.2. The van der Waals surface area contributed by atoms with Gasteiger partial charge in [-0.2, -0.15) is 4.31 Å². The Balaban J connectivity index is 2.23. The number of benzene rings is 1. The number of piperazine rings is 1. The maximum Gasteiger partial charge on any atom is 0.243 e. The summed E-state index contributed by atoms with van der Waals surface area (Å²) < 4.78 is 31.3. The van der Waals surface area contributed by atoms with Crippen molar-refractivity contribution in [1.29, 1.82) is 0 Å². The summed E-state index contributed by atoms with van der Waals surface area (Å²) >= 11 is 0. The maximum atomic E-state index is 12.4. The second-order valence-electron chi connectivity index (χ2n) is 4.39. The van der Waals surface area contributed by atoms with Gasteiger partial charge < -0.3 is 10.1 Å². The Morgan fingerprint density at radius 3 is 2.56 bits per heavy atom. The van der Waals surface area contributed by atoms with Gasteiger partial charge in [0.25, 0.3) is 0 Å². The quantitative estimate of drug-likeness (QED) is 0.877. The fourth-order valence-corrected chi connectivity index (χ4v) is 3.54. The second kappa shape index (κ2) is 5.26. The molecule has 1 atom stereocenters. The first-order valence-electron chi connectivity index (χ1n) is 5.91. The molecular formula is C12H18N2O3S. The summed E-state index contributed by atoms with van der Waals surface area (Å²) in [6.45, 7) is 3.69. The van der Waals surface area contributed by atoms with Crippen LogP contribution in [0.15, 0.2) is 29.2 Å². The van der Waals surface area contributed by atoms with E-state index in [1.54, 1.807) is 31.4 Å². The van der Waals surface area contributed by atoms with Gasteiger partial charge in [0.05, 0.1) is 12.0 Å². The SMILES string of the molecule is COc1ccc(S(=O)(=O)N2CCN[C@H](C)C2)cc1. The van der Waals surface area contributed by atoms with Crippen LogP contribution in [0.25, 0.3) is 0 Å². The third kappa shape index (κ3) is 2.66. The molecule has 0 unspecified atom stereocenters. The lowest BCUT2D eigenvalue weighted by atomic mass is 10.3. The van der Waals surface area contributed by atoms with E-state index >= 15 is 0 Å². The smallest absolute Gasteiger partial charge is 0.243 e. The number of nitrogens with one attached hydrogen (secondary N) is 1. The number of nitrogens with zero attached hydrogens (tertiary/aromatic N) is 1. The molecule has 0 saturated carbocycles. The van der Waals surface area contributed by atoms with Gasteiger partial charge >= 0.3 is 0 Å². The molecule has 1 N–H and O–H groups in total. The van der Waals surface area contributed by atoms with Gasteiger partial charge in [-0.15, -0.1) is 0 Å². The second-order valence-corrected chi connectivity index (χ2v) is 6.33. The molecule has 1 aromatic rings. The molecule has 1 aliphatic rings. The highest BCUT2D eigenvalue weighted by atomic mass is 32.2. The summed E-state index contributed by atoms with van der Waals surface area (Å²) in [4.78, 5) is 0.317. The molecule has 1 aromatic carbocycles. The van der Waals surface area contributed by atoms with Crippen LogP contribution in [0.4, 0.5) is 0 Å². The van der Waals surface area contributed by atoms with Crippen molar-refractivity contribution in [2.75, 3.05) is 26.7 Å². The highest BCUT2D eigenvalue weighted by molar-refractivity contribution is 7.89. The van der Waals surface area contributed by atoms with Crippen molar-refractivity contribution < 1.29 is 13.2 Å². The molecule has 100 valence electrons. The van der Waals surface area contributed by atoms with Gasteiger partial charge in [0, 0.05) is 25.7 Å². The summed E-state index contributed by atoms with van der Waals surface area (Å²) in [5.74, 6) is 0.655. The van der Waals surface area contributed by atoms with Gasteiger partial charge in [-0.25, -0.2) is 8.42 Å². The van der Waals surface area contributed by atoms with Crippen LogP contribution >= 0.6 is 0 Å². The molecule has 0 aliphatic carbocycles. The van der Waals surface area contributed by atoms with E-state index in [1.165, 1.54) is 4.31 Å². The third-order valence-electron chi connectivity index (χ3n) is 3.03. The average Bonchev–Trinajstić information content (AvgIpc) is 2.39. The molecule has 5 nitrogen and oxygen atoms in total. The number of ether oxygens (including phenoxy) is 1. The molecule has 0 amide bonds. The van der Waals surface area contributed by atoms with Crippen molar-refractivity contribution in [3.8, 4) is 5.75 Å². The summed E-state index contributed by atoms with van der Waals surface area (Å²) in [6, 6.07) is 6.69. The van der Waals surface area contributed by atoms with E-state index in [1.807, 2.05) is 6.92 Å². The summed E-state index contributed by atoms with van der Waals surface area (Å²) in [6.07, 6.45) is 0. The molecule has 0 aromatic heterocycles. The van der Waals surface area contributed by atoms with Crippen LogP contribution in [-0.2, 0) is 10.0 Å². The van der Waals surface area contributed by atoms with Crippen LogP contribution in [0.5, 0.6) is 5.75 Å². The minimum absolute atomic E-state index is 0.187. The third-order valence-corrected chi connectivity index (χ3v) is 4.91. The molecule has 1 aliphatic heterocycles. The van der Waals surface area contributed by atoms with Gasteiger partial charge in [-0.3, -0.25) is 0 Å². The van der Waals surface area contributed by atoms with E-state index in [-0.39, 0.29) is 6.04 Å². The van der Waals surface area contributed by atoms with Gasteiger partial charge in [-0.05, 0) is 31.2 Å². The van der Waals surface area contributed by atoms with Crippen LogP contribution in [0.1, 0.15) is 6.92 Å². The molecule has 2 rings (SSSR count). The molecule has 0 radical (unpaired) electrons. The number of hydrogen-bond donors (Lipinski definition) is 1. The minimum atomic E-state index is -3.38. The Morgan fingerprint density at radius 2 is 2.00 bits per heavy atom. The van der Waals surface area contributed by atoms with Gasteiger partial charge in [0.15, 0.2) is 0 Å². The number of methoxy groups -OCH3 is 1. The Bertz CT molecular complexity index is 499. The molecule has 1 saturated heterocycles. The zero-order valence-corrected chi connectivity index (χ0v) is 11.4. The molecule has 0 bridgehead atoms. The highest BCUT2D eigenvalue weighted by Gasteiger charge is 2.28. The fraction of sp³-hybridized carbons (Fsp3) is 0.500. The van der Waals surface area contributed by atoms with Crippen LogP contribution in [0.3, 0.4) is 0 Å². The lowest BCUT2D eigenvalue weighted by Gasteiger charge is -2.31. The Labute approximate surface area is 108 Å². The molecule has 18 heavy (non-hydrogen) atoms. The van der Waals surface area contributed by atoms with E-state index in [0.717, 1.165) is 0 Å². The van der Waals surface area contributed by atoms with Crippen molar-refractivity contribution in [3.63, 3.8) is 0 Å². The van der Waals surface area contributed by atoms with Crippen LogP contribution in [-0.4, -0.2) is 45.5 Å². The monoisotopic (exact) mass is 270 g/mol. The molecule has 1 fully saturated rings. The summed E-state index contributed by atoms with van der Waals surface area (Å²) in [5.41, 5.74) is 0. The van der Waals surface area contributed by atoms with E-state index in [2.05, 4.69) is 5.32 Å². The average molecular weight is 270 g/mol. The first kappa shape index (κ1) is 13.3. The van der Waals surface area contributed by atoms with Gasteiger partial charge in [-0.1, -0.05) is 0 Å². The van der Waals surface area contributed by atoms with Crippen molar-refractivity contribution >= 4 is 10.0 Å². The standard InChI is InChI=1S/C12H18N2O3S/c1-10-9-14(8-7-13-10)18(15,16)12-5-3-11(17-2)4-6-12/h3-6,10,13H,7-9H2,1-2H3/t10-/m1/s1. The Hall–Kier alpha value is -1.11. The van der Waals surface area contributed by atoms with Gasteiger partial charge in [0.2, 0.25) is 10.0 Å². The lowest BCUT2D eigenvalue weighted by Crippen LogP contribution is -2.51. The normalized spacial score (nSPS) is 21.8. The van der Waals surface area contributed by atoms with Crippen LogP contribution < -0.4 is 10.1 Å². The van der Waals surface area contributed by atoms with E-state index in [0.29, 0.717) is 30.3 Å². The van der Waals surface area contributed by atoms with Crippen molar-refractivity contribution in [1.82, 2.24) is 9.62 Å². The largest absolute Gasteiger partial charge is 0.497 e.